The van der Waals surface area contributed by atoms with E-state index in [1.807, 2.05) is 57.4 Å². The van der Waals surface area contributed by atoms with E-state index in [0.29, 0.717) is 16.7 Å². The van der Waals surface area contributed by atoms with Crippen LogP contribution in [-0.2, 0) is 6.54 Å². The minimum Gasteiger partial charge on any atom is -0.328 e. The lowest BCUT2D eigenvalue weighted by molar-refractivity contribution is 0.309. The van der Waals surface area contributed by atoms with Crippen LogP contribution >= 0.6 is 0 Å². The highest BCUT2D eigenvalue weighted by Gasteiger charge is 2.26. The van der Waals surface area contributed by atoms with Gasteiger partial charge in [-0.3, -0.25) is 9.36 Å². The van der Waals surface area contributed by atoms with E-state index < -0.39 is 0 Å². The average Bonchev–Trinajstić information content (AvgIpc) is 2.86. The Kier molecular flexibility index (Phi) is 6.60. The van der Waals surface area contributed by atoms with Crippen molar-refractivity contribution in [3.05, 3.63) is 92.8 Å². The number of hydrogen-bond acceptors (Lipinski definition) is 5. The Bertz CT molecular complexity index is 1530. The summed E-state index contributed by atoms with van der Waals surface area (Å²) in [6.07, 6.45) is 4.76. The van der Waals surface area contributed by atoms with Gasteiger partial charge in [-0.25, -0.2) is 14.3 Å². The van der Waals surface area contributed by atoms with Gasteiger partial charge >= 0.3 is 5.69 Å². The van der Waals surface area contributed by atoms with Crippen molar-refractivity contribution in [2.45, 2.75) is 51.2 Å². The van der Waals surface area contributed by atoms with Crippen molar-refractivity contribution in [3.8, 4) is 16.8 Å². The largest absolute Gasteiger partial charge is 0.337 e. The van der Waals surface area contributed by atoms with E-state index in [-0.39, 0.29) is 23.3 Å². The summed E-state index contributed by atoms with van der Waals surface area (Å²) in [4.78, 5) is 34.3. The molecule has 186 valence electrons. The SMILES string of the molecule is Cc1cnc2c(c1)c(=O)n(C1CCC(N)CC1)c(=O)n2-c1cccc(-c2ccccc2CN(C)C)c1. The summed E-state index contributed by atoms with van der Waals surface area (Å²) >= 11 is 0. The lowest BCUT2D eigenvalue weighted by Gasteiger charge is -2.28. The van der Waals surface area contributed by atoms with E-state index in [1.165, 1.54) is 10.1 Å². The monoisotopic (exact) mass is 483 g/mol. The Hall–Kier alpha value is -3.55. The molecular formula is C29H33N5O2. The van der Waals surface area contributed by atoms with Crippen LogP contribution in [0.15, 0.2) is 70.4 Å². The normalized spacial score (nSPS) is 18.1. The molecule has 2 N–H and O–H groups in total. The highest BCUT2D eigenvalue weighted by atomic mass is 16.2. The average molecular weight is 484 g/mol. The number of benzene rings is 2. The van der Waals surface area contributed by atoms with Crippen LogP contribution in [0.4, 0.5) is 0 Å². The maximum atomic E-state index is 14.0. The van der Waals surface area contributed by atoms with E-state index in [0.717, 1.165) is 48.9 Å². The number of nitrogens with zero attached hydrogens (tertiary/aromatic N) is 4. The summed E-state index contributed by atoms with van der Waals surface area (Å²) in [6.45, 7) is 2.71. The second kappa shape index (κ2) is 9.84. The van der Waals surface area contributed by atoms with Crippen LogP contribution in [0.5, 0.6) is 0 Å². The number of aryl methyl sites for hydroxylation is 1. The third kappa shape index (κ3) is 4.52. The molecule has 0 amide bonds. The van der Waals surface area contributed by atoms with Crippen LogP contribution in [0, 0.1) is 6.92 Å². The van der Waals surface area contributed by atoms with Crippen LogP contribution < -0.4 is 17.0 Å². The number of rotatable bonds is 5. The van der Waals surface area contributed by atoms with Crippen molar-refractivity contribution in [2.75, 3.05) is 14.1 Å². The van der Waals surface area contributed by atoms with E-state index in [4.69, 9.17) is 5.73 Å². The molecule has 1 aliphatic carbocycles. The van der Waals surface area contributed by atoms with Gasteiger partial charge in [-0.1, -0.05) is 36.4 Å². The Labute approximate surface area is 210 Å². The van der Waals surface area contributed by atoms with Crippen LogP contribution in [0.3, 0.4) is 0 Å². The molecule has 0 unspecified atom stereocenters. The van der Waals surface area contributed by atoms with Gasteiger partial charge in [0.05, 0.1) is 11.1 Å². The third-order valence-electron chi connectivity index (χ3n) is 7.09. The Morgan fingerprint density at radius 2 is 1.75 bits per heavy atom. The van der Waals surface area contributed by atoms with Crippen LogP contribution in [0.1, 0.15) is 42.9 Å². The number of aromatic nitrogens is 3. The van der Waals surface area contributed by atoms with Crippen molar-refractivity contribution in [2.24, 2.45) is 5.73 Å². The molecule has 0 atom stereocenters. The van der Waals surface area contributed by atoms with Crippen molar-refractivity contribution in [3.63, 3.8) is 0 Å². The topological polar surface area (TPSA) is 86.1 Å². The van der Waals surface area contributed by atoms with Gasteiger partial charge in [0.15, 0.2) is 5.65 Å². The molecule has 0 bridgehead atoms. The molecule has 2 heterocycles. The van der Waals surface area contributed by atoms with Gasteiger partial charge in [0, 0.05) is 24.8 Å². The van der Waals surface area contributed by atoms with E-state index >= 15 is 0 Å². The van der Waals surface area contributed by atoms with Gasteiger partial charge in [0.2, 0.25) is 0 Å². The molecule has 1 aliphatic rings. The molecule has 0 radical (unpaired) electrons. The second-order valence-corrected chi connectivity index (χ2v) is 10.2. The minimum atomic E-state index is -0.344. The molecular weight excluding hydrogens is 450 g/mol. The molecule has 0 aliphatic heterocycles. The van der Waals surface area contributed by atoms with E-state index in [1.54, 1.807) is 10.8 Å². The number of hydrogen-bond donors (Lipinski definition) is 1. The predicted octanol–water partition coefficient (Wildman–Crippen LogP) is 4.03. The minimum absolute atomic E-state index is 0.127. The maximum Gasteiger partial charge on any atom is 0.337 e. The molecule has 2 aromatic heterocycles. The van der Waals surface area contributed by atoms with Gasteiger partial charge in [-0.15, -0.1) is 0 Å². The molecule has 1 saturated carbocycles. The predicted molar refractivity (Wildman–Crippen MR) is 145 cm³/mol. The summed E-state index contributed by atoms with van der Waals surface area (Å²) < 4.78 is 3.05. The summed E-state index contributed by atoms with van der Waals surface area (Å²) in [6, 6.07) is 18.0. The molecule has 0 spiro atoms. The van der Waals surface area contributed by atoms with Gasteiger partial charge in [-0.2, -0.15) is 0 Å². The molecule has 0 saturated heterocycles. The summed E-state index contributed by atoms with van der Waals surface area (Å²) in [5.74, 6) is 0. The fourth-order valence-corrected chi connectivity index (χ4v) is 5.32. The van der Waals surface area contributed by atoms with Gasteiger partial charge in [-0.05, 0) is 87.2 Å². The van der Waals surface area contributed by atoms with Crippen LogP contribution in [-0.4, -0.2) is 39.2 Å². The first-order valence-electron chi connectivity index (χ1n) is 12.6. The molecule has 2 aromatic carbocycles. The second-order valence-electron chi connectivity index (χ2n) is 10.2. The first kappa shape index (κ1) is 24.2. The molecule has 36 heavy (non-hydrogen) atoms. The zero-order valence-electron chi connectivity index (χ0n) is 21.1. The maximum absolute atomic E-state index is 14.0. The molecule has 5 rings (SSSR count). The zero-order chi connectivity index (χ0) is 25.4. The number of fused-ring (bicyclic) bond motifs is 1. The Morgan fingerprint density at radius 1 is 1.00 bits per heavy atom. The summed E-state index contributed by atoms with van der Waals surface area (Å²) in [7, 11) is 4.10. The Morgan fingerprint density at radius 3 is 2.50 bits per heavy atom. The van der Waals surface area contributed by atoms with Crippen molar-refractivity contribution in [1.29, 1.82) is 0 Å². The lowest BCUT2D eigenvalue weighted by Crippen LogP contribution is -2.44. The molecule has 1 fully saturated rings. The van der Waals surface area contributed by atoms with Gasteiger partial charge < -0.3 is 10.6 Å². The molecule has 4 aromatic rings. The van der Waals surface area contributed by atoms with E-state index in [9.17, 15) is 9.59 Å². The van der Waals surface area contributed by atoms with Crippen molar-refractivity contribution in [1.82, 2.24) is 19.0 Å². The van der Waals surface area contributed by atoms with Gasteiger partial charge in [0.25, 0.3) is 5.56 Å². The summed E-state index contributed by atoms with van der Waals surface area (Å²) in [5, 5.41) is 0.461. The number of nitrogens with two attached hydrogens (primary N) is 1. The smallest absolute Gasteiger partial charge is 0.328 e. The highest BCUT2D eigenvalue weighted by Crippen LogP contribution is 2.28. The van der Waals surface area contributed by atoms with E-state index in [2.05, 4.69) is 28.1 Å². The zero-order valence-corrected chi connectivity index (χ0v) is 21.1. The Balaban J connectivity index is 1.73. The number of pyridine rings is 1. The fourth-order valence-electron chi connectivity index (χ4n) is 5.32. The standard InChI is InChI=1S/C29H33N5O2/c1-19-15-26-27(31-17-19)33(29(36)34(28(26)35)23-13-11-22(30)12-14-23)24-9-6-8-20(16-24)25-10-5-4-7-21(25)18-32(2)3/h4-10,15-17,22-23H,11-14,18,30H2,1-3H3. The lowest BCUT2D eigenvalue weighted by atomic mass is 9.91. The van der Waals surface area contributed by atoms with Gasteiger partial charge in [0.1, 0.15) is 0 Å². The summed E-state index contributed by atoms with van der Waals surface area (Å²) in [5.41, 5.74) is 10.8. The fraction of sp³-hybridized carbons (Fsp3) is 0.345. The van der Waals surface area contributed by atoms with Crippen molar-refractivity contribution >= 4 is 11.0 Å². The molecule has 7 nitrogen and oxygen atoms in total. The van der Waals surface area contributed by atoms with Crippen molar-refractivity contribution < 1.29 is 0 Å². The molecule has 7 heteroatoms. The van der Waals surface area contributed by atoms with Crippen LogP contribution in [0.25, 0.3) is 27.8 Å². The first-order valence-corrected chi connectivity index (χ1v) is 12.6. The third-order valence-corrected chi connectivity index (χ3v) is 7.09. The highest BCUT2D eigenvalue weighted by molar-refractivity contribution is 5.77. The first-order chi connectivity index (χ1) is 17.3. The quantitative estimate of drug-likeness (QED) is 0.463. The van der Waals surface area contributed by atoms with Crippen LogP contribution in [0.2, 0.25) is 0 Å².